The summed E-state index contributed by atoms with van der Waals surface area (Å²) in [6.07, 6.45) is 0. The van der Waals surface area contributed by atoms with Gasteiger partial charge < -0.3 is 10.1 Å². The highest BCUT2D eigenvalue weighted by Gasteiger charge is 2.10. The third-order valence-electron chi connectivity index (χ3n) is 2.56. The van der Waals surface area contributed by atoms with E-state index in [4.69, 9.17) is 4.74 Å². The molecule has 0 fully saturated rings. The Morgan fingerprint density at radius 1 is 1.10 bits per heavy atom. The molecule has 0 amide bonds. The zero-order valence-electron chi connectivity index (χ0n) is 12.0. The van der Waals surface area contributed by atoms with E-state index in [2.05, 4.69) is 47.0 Å². The number of aromatic nitrogens is 1. The molecule has 4 heteroatoms. The minimum absolute atomic E-state index is 0.0198. The van der Waals surface area contributed by atoms with Crippen molar-refractivity contribution in [2.45, 2.75) is 32.9 Å². The number of nitrogens with one attached hydrogen (secondary N) is 1. The van der Waals surface area contributed by atoms with Crippen molar-refractivity contribution < 1.29 is 4.74 Å². The van der Waals surface area contributed by atoms with Crippen LogP contribution in [-0.4, -0.2) is 10.5 Å². The number of benzene rings is 1. The Hall–Kier alpha value is -1.55. The van der Waals surface area contributed by atoms with Crippen LogP contribution in [0.2, 0.25) is 0 Å². The summed E-state index contributed by atoms with van der Waals surface area (Å²) in [5, 5.41) is 3.33. The van der Waals surface area contributed by atoms with Crippen molar-refractivity contribution in [3.05, 3.63) is 52.5 Å². The number of nitrogens with zero attached hydrogens (tertiary/aromatic N) is 1. The van der Waals surface area contributed by atoms with Crippen molar-refractivity contribution in [2.24, 2.45) is 0 Å². The summed E-state index contributed by atoms with van der Waals surface area (Å²) < 4.78 is 6.79. The summed E-state index contributed by atoms with van der Waals surface area (Å²) in [7, 11) is 0. The maximum atomic E-state index is 5.75. The SMILES string of the molecule is CC(C)(C)Nc1cccc(OCc2ccccc2Br)n1. The molecule has 0 unspecified atom stereocenters. The number of halogens is 1. The van der Waals surface area contributed by atoms with Gasteiger partial charge in [0.05, 0.1) is 0 Å². The normalized spacial score (nSPS) is 11.2. The molecule has 1 aromatic heterocycles. The topological polar surface area (TPSA) is 34.1 Å². The molecule has 0 aliphatic heterocycles. The van der Waals surface area contributed by atoms with E-state index < -0.39 is 0 Å². The summed E-state index contributed by atoms with van der Waals surface area (Å²) in [4.78, 5) is 4.45. The molecule has 2 rings (SSSR count). The van der Waals surface area contributed by atoms with Crippen LogP contribution in [0.25, 0.3) is 0 Å². The molecule has 1 aromatic carbocycles. The summed E-state index contributed by atoms with van der Waals surface area (Å²) >= 11 is 3.51. The zero-order chi connectivity index (χ0) is 14.6. The number of hydrogen-bond donors (Lipinski definition) is 1. The van der Waals surface area contributed by atoms with Gasteiger partial charge in [-0.15, -0.1) is 0 Å². The van der Waals surface area contributed by atoms with Crippen LogP contribution in [0.5, 0.6) is 5.88 Å². The van der Waals surface area contributed by atoms with Gasteiger partial charge in [-0.2, -0.15) is 4.98 Å². The molecule has 0 atom stereocenters. The van der Waals surface area contributed by atoms with Crippen molar-refractivity contribution in [2.75, 3.05) is 5.32 Å². The number of rotatable bonds is 4. The minimum atomic E-state index is -0.0198. The summed E-state index contributed by atoms with van der Waals surface area (Å²) in [5.74, 6) is 1.44. The van der Waals surface area contributed by atoms with E-state index in [1.54, 1.807) is 0 Å². The van der Waals surface area contributed by atoms with Gasteiger partial charge in [-0.1, -0.05) is 40.2 Å². The molecule has 0 aliphatic rings. The van der Waals surface area contributed by atoms with Crippen molar-refractivity contribution >= 4 is 21.7 Å². The van der Waals surface area contributed by atoms with Crippen LogP contribution < -0.4 is 10.1 Å². The fourth-order valence-electron chi connectivity index (χ4n) is 1.72. The van der Waals surface area contributed by atoms with Crippen molar-refractivity contribution in [3.8, 4) is 5.88 Å². The standard InChI is InChI=1S/C16H19BrN2O/c1-16(2,3)19-14-9-6-10-15(18-14)20-11-12-7-4-5-8-13(12)17/h4-10H,11H2,1-3H3,(H,18,19). The maximum Gasteiger partial charge on any atom is 0.215 e. The first-order chi connectivity index (χ1) is 9.44. The summed E-state index contributed by atoms with van der Waals surface area (Å²) in [6.45, 7) is 6.79. The molecule has 0 bridgehead atoms. The highest BCUT2D eigenvalue weighted by atomic mass is 79.9. The first kappa shape index (κ1) is 14.9. The van der Waals surface area contributed by atoms with Crippen molar-refractivity contribution in [1.82, 2.24) is 4.98 Å². The Labute approximate surface area is 128 Å². The molecule has 106 valence electrons. The average molecular weight is 335 g/mol. The molecule has 0 radical (unpaired) electrons. The first-order valence-electron chi connectivity index (χ1n) is 6.55. The Kier molecular flexibility index (Phi) is 4.65. The van der Waals surface area contributed by atoms with E-state index in [1.807, 2.05) is 42.5 Å². The van der Waals surface area contributed by atoms with E-state index in [0.29, 0.717) is 12.5 Å². The predicted molar refractivity (Wildman–Crippen MR) is 86.1 cm³/mol. The van der Waals surface area contributed by atoms with Crippen molar-refractivity contribution in [3.63, 3.8) is 0 Å². The average Bonchev–Trinajstić information content (AvgIpc) is 2.36. The van der Waals surface area contributed by atoms with E-state index in [0.717, 1.165) is 15.9 Å². The van der Waals surface area contributed by atoms with Gasteiger partial charge in [-0.05, 0) is 32.9 Å². The van der Waals surface area contributed by atoms with Gasteiger partial charge in [0, 0.05) is 21.6 Å². The fraction of sp³-hybridized carbons (Fsp3) is 0.312. The zero-order valence-corrected chi connectivity index (χ0v) is 13.6. The van der Waals surface area contributed by atoms with Crippen LogP contribution in [0.3, 0.4) is 0 Å². The number of pyridine rings is 1. The lowest BCUT2D eigenvalue weighted by molar-refractivity contribution is 0.293. The molecule has 0 saturated carbocycles. The highest BCUT2D eigenvalue weighted by molar-refractivity contribution is 9.10. The van der Waals surface area contributed by atoms with Crippen LogP contribution in [0.4, 0.5) is 5.82 Å². The van der Waals surface area contributed by atoms with Gasteiger partial charge in [0.25, 0.3) is 0 Å². The van der Waals surface area contributed by atoms with Gasteiger partial charge in [-0.25, -0.2) is 0 Å². The molecular formula is C16H19BrN2O. The predicted octanol–water partition coefficient (Wildman–Crippen LogP) is 4.63. The Morgan fingerprint density at radius 3 is 2.55 bits per heavy atom. The van der Waals surface area contributed by atoms with Crippen molar-refractivity contribution in [1.29, 1.82) is 0 Å². The largest absolute Gasteiger partial charge is 0.473 e. The monoisotopic (exact) mass is 334 g/mol. The minimum Gasteiger partial charge on any atom is -0.473 e. The third-order valence-corrected chi connectivity index (χ3v) is 3.33. The van der Waals surface area contributed by atoms with Gasteiger partial charge in [0.1, 0.15) is 12.4 Å². The fourth-order valence-corrected chi connectivity index (χ4v) is 2.12. The van der Waals surface area contributed by atoms with Crippen LogP contribution in [-0.2, 0) is 6.61 Å². The summed E-state index contributed by atoms with van der Waals surface area (Å²) in [5.41, 5.74) is 1.08. The lowest BCUT2D eigenvalue weighted by Crippen LogP contribution is -2.26. The molecule has 20 heavy (non-hydrogen) atoms. The highest BCUT2D eigenvalue weighted by Crippen LogP contribution is 2.20. The molecule has 0 aliphatic carbocycles. The maximum absolute atomic E-state index is 5.75. The first-order valence-corrected chi connectivity index (χ1v) is 7.35. The van der Waals surface area contributed by atoms with Gasteiger partial charge in [0.2, 0.25) is 5.88 Å². The van der Waals surface area contributed by atoms with Crippen LogP contribution in [0.1, 0.15) is 26.3 Å². The Balaban J connectivity index is 2.03. The molecule has 1 N–H and O–H groups in total. The number of anilines is 1. The second-order valence-corrected chi connectivity index (χ2v) is 6.47. The van der Waals surface area contributed by atoms with E-state index in [1.165, 1.54) is 0 Å². The molecule has 0 saturated heterocycles. The molecule has 0 spiro atoms. The molecule has 1 heterocycles. The quantitative estimate of drug-likeness (QED) is 0.884. The van der Waals surface area contributed by atoms with E-state index in [-0.39, 0.29) is 5.54 Å². The smallest absolute Gasteiger partial charge is 0.215 e. The van der Waals surface area contributed by atoms with Crippen LogP contribution in [0.15, 0.2) is 46.9 Å². The lowest BCUT2D eigenvalue weighted by Gasteiger charge is -2.21. The van der Waals surface area contributed by atoms with Gasteiger partial charge >= 0.3 is 0 Å². The van der Waals surface area contributed by atoms with E-state index >= 15 is 0 Å². The Morgan fingerprint density at radius 2 is 1.85 bits per heavy atom. The van der Waals surface area contributed by atoms with Crippen LogP contribution in [0, 0.1) is 0 Å². The number of ether oxygens (including phenoxy) is 1. The molecule has 3 nitrogen and oxygen atoms in total. The summed E-state index contributed by atoms with van der Waals surface area (Å²) in [6, 6.07) is 13.8. The van der Waals surface area contributed by atoms with Gasteiger partial charge in [-0.3, -0.25) is 0 Å². The third kappa shape index (κ3) is 4.53. The number of hydrogen-bond acceptors (Lipinski definition) is 3. The Bertz CT molecular complexity index is 579. The molecular weight excluding hydrogens is 316 g/mol. The second kappa shape index (κ2) is 6.27. The second-order valence-electron chi connectivity index (χ2n) is 5.62. The van der Waals surface area contributed by atoms with Gasteiger partial charge in [0.15, 0.2) is 0 Å². The lowest BCUT2D eigenvalue weighted by atomic mass is 10.1. The van der Waals surface area contributed by atoms with E-state index in [9.17, 15) is 0 Å². The van der Waals surface area contributed by atoms with Crippen LogP contribution >= 0.6 is 15.9 Å². The molecule has 2 aromatic rings.